The van der Waals surface area contributed by atoms with E-state index in [1.807, 2.05) is 13.8 Å². The quantitative estimate of drug-likeness (QED) is 0.465. The van der Waals surface area contributed by atoms with Gasteiger partial charge in [0, 0.05) is 12.0 Å². The van der Waals surface area contributed by atoms with Crippen LogP contribution in [-0.2, 0) is 9.84 Å². The van der Waals surface area contributed by atoms with Crippen molar-refractivity contribution in [2.24, 2.45) is 23.2 Å². The van der Waals surface area contributed by atoms with Crippen LogP contribution in [0.3, 0.4) is 0 Å². The molecule has 0 spiro atoms. The van der Waals surface area contributed by atoms with Gasteiger partial charge in [-0.1, -0.05) is 38.3 Å². The summed E-state index contributed by atoms with van der Waals surface area (Å²) in [4.78, 5) is 0. The van der Waals surface area contributed by atoms with Gasteiger partial charge in [-0.25, -0.2) is 12.8 Å². The number of halogens is 1. The molecule has 3 aliphatic carbocycles. The number of allylic oxidation sites excluding steroid dienone is 1. The van der Waals surface area contributed by atoms with Crippen LogP contribution in [0.15, 0.2) is 22.8 Å². The number of aliphatic hydroxyl groups excluding tert-OH is 2. The summed E-state index contributed by atoms with van der Waals surface area (Å²) in [5.41, 5.74) is -1.22. The molecule has 2 fully saturated rings. The van der Waals surface area contributed by atoms with Gasteiger partial charge in [0.2, 0.25) is 5.50 Å². The smallest absolute Gasteiger partial charge is 0.225 e. The first-order chi connectivity index (χ1) is 15.8. The monoisotopic (exact) mass is 498 g/mol. The molecule has 5 nitrogen and oxygen atoms in total. The summed E-state index contributed by atoms with van der Waals surface area (Å²) in [6, 6.07) is 0. The zero-order valence-corrected chi connectivity index (χ0v) is 22.0. The van der Waals surface area contributed by atoms with Gasteiger partial charge in [-0.2, -0.15) is 0 Å². The van der Waals surface area contributed by atoms with Crippen LogP contribution in [-0.4, -0.2) is 52.3 Å². The normalized spacial score (nSPS) is 42.1. The molecule has 8 atom stereocenters. The minimum Gasteiger partial charge on any atom is -0.393 e. The molecule has 194 valence electrons. The highest BCUT2D eigenvalue weighted by Gasteiger charge is 2.54. The first-order valence-electron chi connectivity index (χ1n) is 13.1. The van der Waals surface area contributed by atoms with Crippen LogP contribution in [0.4, 0.5) is 4.39 Å². The number of alkyl halides is 1. The molecule has 0 aromatic heterocycles. The van der Waals surface area contributed by atoms with Crippen molar-refractivity contribution in [3.8, 4) is 0 Å². The van der Waals surface area contributed by atoms with E-state index >= 15 is 0 Å². The fourth-order valence-electron chi connectivity index (χ4n) is 7.80. The minimum absolute atomic E-state index is 0.00814. The van der Waals surface area contributed by atoms with E-state index in [1.165, 1.54) is 0 Å². The van der Waals surface area contributed by atoms with E-state index < -0.39 is 38.4 Å². The molecule has 1 aliphatic heterocycles. The van der Waals surface area contributed by atoms with Gasteiger partial charge in [-0.3, -0.25) is 0 Å². The van der Waals surface area contributed by atoms with Crippen LogP contribution in [0.5, 0.6) is 0 Å². The fraction of sp³-hybridized carbons (Fsp3) is 0.852. The van der Waals surface area contributed by atoms with Gasteiger partial charge in [0.25, 0.3) is 0 Å². The van der Waals surface area contributed by atoms with Crippen LogP contribution in [0.2, 0.25) is 0 Å². The summed E-state index contributed by atoms with van der Waals surface area (Å²) in [7, 11) is -4.12. The molecule has 0 aromatic rings. The third kappa shape index (κ3) is 4.67. The molecule has 0 aromatic carbocycles. The molecular formula is C27H43FO5S. The molecule has 4 aliphatic rings. The van der Waals surface area contributed by atoms with E-state index in [-0.39, 0.29) is 23.8 Å². The molecule has 4 rings (SSSR count). The zero-order valence-electron chi connectivity index (χ0n) is 21.1. The average molecular weight is 499 g/mol. The zero-order chi connectivity index (χ0) is 25.1. The van der Waals surface area contributed by atoms with Crippen molar-refractivity contribution in [3.05, 3.63) is 22.8 Å². The lowest BCUT2D eigenvalue weighted by molar-refractivity contribution is 0.0596. The fourth-order valence-corrected chi connectivity index (χ4v) is 9.71. The van der Waals surface area contributed by atoms with Gasteiger partial charge < -0.3 is 15.3 Å². The third-order valence-electron chi connectivity index (χ3n) is 9.45. The van der Waals surface area contributed by atoms with Crippen LogP contribution >= 0.6 is 0 Å². The maximum atomic E-state index is 15.0. The van der Waals surface area contributed by atoms with Crippen molar-refractivity contribution < 1.29 is 28.1 Å². The lowest BCUT2D eigenvalue weighted by Gasteiger charge is -2.44. The van der Waals surface area contributed by atoms with Gasteiger partial charge >= 0.3 is 0 Å². The number of rotatable bonds is 6. The summed E-state index contributed by atoms with van der Waals surface area (Å²) in [6.07, 6.45) is 7.75. The Morgan fingerprint density at radius 2 is 1.97 bits per heavy atom. The molecule has 0 radical (unpaired) electrons. The van der Waals surface area contributed by atoms with E-state index in [1.54, 1.807) is 6.08 Å². The number of aliphatic hydroxyl groups is 3. The predicted octanol–water partition coefficient (Wildman–Crippen LogP) is 4.61. The number of fused-ring (bicyclic) bond motifs is 1. The Morgan fingerprint density at radius 1 is 1.26 bits per heavy atom. The van der Waals surface area contributed by atoms with Crippen LogP contribution in [0, 0.1) is 23.2 Å². The number of hydrogen-bond acceptors (Lipinski definition) is 5. The van der Waals surface area contributed by atoms with E-state index in [2.05, 4.69) is 13.8 Å². The van der Waals surface area contributed by atoms with Gasteiger partial charge in [-0.05, 0) is 87.5 Å². The molecule has 2 saturated carbocycles. The second-order valence-corrected chi connectivity index (χ2v) is 14.5. The highest BCUT2D eigenvalue weighted by Crippen LogP contribution is 2.60. The summed E-state index contributed by atoms with van der Waals surface area (Å²) in [5, 5.41) is 29.5. The molecular weight excluding hydrogens is 455 g/mol. The molecule has 0 unspecified atom stereocenters. The highest BCUT2D eigenvalue weighted by molar-refractivity contribution is 7.93. The maximum Gasteiger partial charge on any atom is 0.225 e. The topological polar surface area (TPSA) is 94.8 Å². The number of hydrogen-bond donors (Lipinski definition) is 3. The molecule has 1 heterocycles. The lowest BCUT2D eigenvalue weighted by Crippen LogP contribution is -2.36. The molecule has 34 heavy (non-hydrogen) atoms. The molecule has 0 amide bonds. The summed E-state index contributed by atoms with van der Waals surface area (Å²) in [6.45, 7) is 8.38. The Morgan fingerprint density at radius 3 is 2.65 bits per heavy atom. The van der Waals surface area contributed by atoms with Crippen molar-refractivity contribution in [3.63, 3.8) is 0 Å². The van der Waals surface area contributed by atoms with E-state index in [0.29, 0.717) is 23.3 Å². The molecule has 0 saturated heterocycles. The van der Waals surface area contributed by atoms with Crippen molar-refractivity contribution >= 4 is 9.84 Å². The first kappa shape index (κ1) is 26.3. The Kier molecular flexibility index (Phi) is 7.18. The SMILES string of the molecule is C[C@H](CCCC(C)(C)O)[C@H]1CC[C@H]2/C(=C/[C@@H]3C4=C([C@@H](O)C[C@H](O)C4)[C@H](F)S3(=O)=O)CCC[C@]12C. The average Bonchev–Trinajstić information content (AvgIpc) is 3.15. The van der Waals surface area contributed by atoms with Crippen LogP contribution < -0.4 is 0 Å². The second kappa shape index (κ2) is 9.28. The standard InChI is InChI=1S/C27H43FO5S/c1-16(7-5-11-26(2,3)31)20-9-10-21-17(8-6-12-27(20,21)4)13-23-19-14-18(29)15-22(30)24(19)25(28)34(23,32)33/h13,16,18,20-23,25,29-31H,5-12,14-15H2,1-4H3/b17-13+/t16-,18-,20-,21+,22+,23-,25-,27-/m1/s1. The van der Waals surface area contributed by atoms with Crippen molar-refractivity contribution in [2.45, 2.75) is 120 Å². The van der Waals surface area contributed by atoms with Gasteiger partial charge in [-0.15, -0.1) is 0 Å². The van der Waals surface area contributed by atoms with Crippen LogP contribution in [0.1, 0.15) is 91.9 Å². The predicted molar refractivity (Wildman–Crippen MR) is 131 cm³/mol. The Balaban J connectivity index is 1.58. The third-order valence-corrected chi connectivity index (χ3v) is 11.4. The van der Waals surface area contributed by atoms with E-state index in [9.17, 15) is 28.1 Å². The molecule has 3 N–H and O–H groups in total. The Labute approximate surface area is 204 Å². The summed E-state index contributed by atoms with van der Waals surface area (Å²) < 4.78 is 41.1. The summed E-state index contributed by atoms with van der Waals surface area (Å²) >= 11 is 0. The van der Waals surface area contributed by atoms with Gasteiger partial charge in [0.15, 0.2) is 9.84 Å². The second-order valence-electron chi connectivity index (χ2n) is 12.4. The Hall–Kier alpha value is -0.760. The lowest BCUT2D eigenvalue weighted by atomic mass is 9.60. The van der Waals surface area contributed by atoms with Crippen molar-refractivity contribution in [2.75, 3.05) is 0 Å². The van der Waals surface area contributed by atoms with Gasteiger partial charge in [0.1, 0.15) is 5.25 Å². The minimum atomic E-state index is -4.12. The molecule has 0 bridgehead atoms. The highest BCUT2D eigenvalue weighted by atomic mass is 32.2. The van der Waals surface area contributed by atoms with Crippen molar-refractivity contribution in [1.29, 1.82) is 0 Å². The molecule has 7 heteroatoms. The first-order valence-corrected chi connectivity index (χ1v) is 14.8. The van der Waals surface area contributed by atoms with Gasteiger partial charge in [0.05, 0.1) is 17.8 Å². The van der Waals surface area contributed by atoms with Crippen LogP contribution in [0.25, 0.3) is 0 Å². The van der Waals surface area contributed by atoms with E-state index in [4.69, 9.17) is 0 Å². The van der Waals surface area contributed by atoms with Crippen molar-refractivity contribution in [1.82, 2.24) is 0 Å². The summed E-state index contributed by atoms with van der Waals surface area (Å²) in [5.74, 6) is 1.37. The van der Waals surface area contributed by atoms with E-state index in [0.717, 1.165) is 56.9 Å². The largest absolute Gasteiger partial charge is 0.393 e. The Bertz CT molecular complexity index is 949. The number of sulfone groups is 1. The maximum absolute atomic E-state index is 15.0.